The van der Waals surface area contributed by atoms with Crippen LogP contribution in [0.25, 0.3) is 9.88 Å². The number of carbonyl (C=O) groups is 1. The maximum Gasteiger partial charge on any atom is 0.230 e. The molecule has 0 atom stereocenters. The van der Waals surface area contributed by atoms with Gasteiger partial charge in [-0.2, -0.15) is 0 Å². The van der Waals surface area contributed by atoms with Crippen molar-refractivity contribution >= 4 is 40.0 Å². The van der Waals surface area contributed by atoms with E-state index in [-0.39, 0.29) is 12.3 Å². The molecule has 3 aromatic rings. The Morgan fingerprint density at radius 3 is 2.81 bits per heavy atom. The van der Waals surface area contributed by atoms with Gasteiger partial charge in [-0.15, -0.1) is 22.7 Å². The van der Waals surface area contributed by atoms with Crippen molar-refractivity contribution in [3.63, 3.8) is 0 Å². The molecule has 1 fully saturated rings. The van der Waals surface area contributed by atoms with Gasteiger partial charge in [0.1, 0.15) is 5.01 Å². The minimum Gasteiger partial charge on any atom is -0.378 e. The zero-order valence-electron chi connectivity index (χ0n) is 14.2. The van der Waals surface area contributed by atoms with E-state index >= 15 is 0 Å². The molecule has 0 radical (unpaired) electrons. The molecule has 134 valence electrons. The van der Waals surface area contributed by atoms with Gasteiger partial charge in [-0.3, -0.25) is 4.79 Å². The lowest BCUT2D eigenvalue weighted by Gasteiger charge is -2.30. The minimum atomic E-state index is -0.0475. The van der Waals surface area contributed by atoms with E-state index in [1.807, 2.05) is 47.2 Å². The van der Waals surface area contributed by atoms with Crippen LogP contribution in [0.1, 0.15) is 5.69 Å². The highest BCUT2D eigenvalue weighted by molar-refractivity contribution is 7.20. The van der Waals surface area contributed by atoms with Crippen molar-refractivity contribution in [2.24, 2.45) is 0 Å². The maximum absolute atomic E-state index is 12.5. The summed E-state index contributed by atoms with van der Waals surface area (Å²) in [6, 6.07) is 12.0. The predicted octanol–water partition coefficient (Wildman–Crippen LogP) is 3.89. The molecule has 1 aliphatic rings. The van der Waals surface area contributed by atoms with Crippen LogP contribution in [-0.2, 0) is 16.0 Å². The van der Waals surface area contributed by atoms with E-state index < -0.39 is 0 Å². The second-order valence-electron chi connectivity index (χ2n) is 5.96. The molecule has 1 saturated heterocycles. The molecule has 0 bridgehead atoms. The van der Waals surface area contributed by atoms with E-state index in [0.29, 0.717) is 13.2 Å². The van der Waals surface area contributed by atoms with Crippen LogP contribution in [0.4, 0.5) is 11.4 Å². The fraction of sp³-hybridized carbons (Fsp3) is 0.263. The number of anilines is 2. The second-order valence-corrected chi connectivity index (χ2v) is 7.77. The van der Waals surface area contributed by atoms with Gasteiger partial charge >= 0.3 is 0 Å². The molecule has 1 aromatic carbocycles. The quantitative estimate of drug-likeness (QED) is 0.724. The highest BCUT2D eigenvalue weighted by Crippen LogP contribution is 2.29. The van der Waals surface area contributed by atoms with E-state index in [0.717, 1.165) is 40.0 Å². The molecule has 26 heavy (non-hydrogen) atoms. The lowest BCUT2D eigenvalue weighted by atomic mass is 10.2. The maximum atomic E-state index is 12.5. The predicted molar refractivity (Wildman–Crippen MR) is 107 cm³/mol. The number of hydrogen-bond donors (Lipinski definition) is 1. The van der Waals surface area contributed by atoms with Crippen molar-refractivity contribution in [2.45, 2.75) is 6.42 Å². The molecule has 3 heterocycles. The van der Waals surface area contributed by atoms with E-state index in [2.05, 4.69) is 15.2 Å². The summed E-state index contributed by atoms with van der Waals surface area (Å²) in [4.78, 5) is 20.5. The van der Waals surface area contributed by atoms with Crippen molar-refractivity contribution in [3.05, 3.63) is 52.9 Å². The zero-order chi connectivity index (χ0) is 17.8. The Balaban J connectivity index is 1.44. The van der Waals surface area contributed by atoms with Crippen LogP contribution in [0, 0.1) is 0 Å². The van der Waals surface area contributed by atoms with Crippen molar-refractivity contribution < 1.29 is 9.53 Å². The van der Waals surface area contributed by atoms with Crippen LogP contribution >= 0.6 is 22.7 Å². The van der Waals surface area contributed by atoms with Crippen molar-refractivity contribution in [1.82, 2.24) is 4.98 Å². The number of nitrogens with zero attached hydrogens (tertiary/aromatic N) is 2. The van der Waals surface area contributed by atoms with Gasteiger partial charge in [-0.05, 0) is 23.6 Å². The van der Waals surface area contributed by atoms with E-state index in [1.54, 1.807) is 22.7 Å². The van der Waals surface area contributed by atoms with Gasteiger partial charge in [0.2, 0.25) is 5.91 Å². The first-order chi connectivity index (χ1) is 12.8. The molecule has 5 nitrogen and oxygen atoms in total. The monoisotopic (exact) mass is 385 g/mol. The van der Waals surface area contributed by atoms with Gasteiger partial charge in [0.15, 0.2) is 0 Å². The fourth-order valence-corrected chi connectivity index (χ4v) is 4.55. The molecule has 4 rings (SSSR count). The van der Waals surface area contributed by atoms with Crippen LogP contribution in [-0.4, -0.2) is 37.2 Å². The summed E-state index contributed by atoms with van der Waals surface area (Å²) < 4.78 is 5.42. The number of nitrogens with one attached hydrogen (secondary N) is 1. The molecule has 1 aliphatic heterocycles. The highest BCUT2D eigenvalue weighted by Gasteiger charge is 2.16. The largest absolute Gasteiger partial charge is 0.378 e. The Labute approximate surface area is 160 Å². The second kappa shape index (κ2) is 7.99. The number of carbonyl (C=O) groups excluding carboxylic acids is 1. The molecule has 0 unspecified atom stereocenters. The third-order valence-electron chi connectivity index (χ3n) is 4.16. The van der Waals surface area contributed by atoms with Crippen molar-refractivity contribution in [1.29, 1.82) is 0 Å². The molecule has 0 saturated carbocycles. The van der Waals surface area contributed by atoms with Crippen molar-refractivity contribution in [2.75, 3.05) is 36.5 Å². The van der Waals surface area contributed by atoms with Gasteiger partial charge in [-0.25, -0.2) is 4.98 Å². The normalized spacial score (nSPS) is 14.4. The average Bonchev–Trinajstić information content (AvgIpc) is 3.34. The van der Waals surface area contributed by atoms with Crippen LogP contribution in [0.5, 0.6) is 0 Å². The van der Waals surface area contributed by atoms with Crippen LogP contribution in [0.3, 0.4) is 0 Å². The summed E-state index contributed by atoms with van der Waals surface area (Å²) in [6.45, 7) is 3.10. The van der Waals surface area contributed by atoms with Crippen LogP contribution < -0.4 is 10.2 Å². The number of ether oxygens (including phenoxy) is 1. The Morgan fingerprint density at radius 1 is 1.15 bits per heavy atom. The first kappa shape index (κ1) is 17.2. The van der Waals surface area contributed by atoms with Gasteiger partial charge in [0.25, 0.3) is 0 Å². The number of thiazole rings is 1. The Bertz CT molecular complexity index is 871. The van der Waals surface area contributed by atoms with E-state index in [4.69, 9.17) is 4.74 Å². The molecule has 0 spiro atoms. The summed E-state index contributed by atoms with van der Waals surface area (Å²) in [7, 11) is 0. The topological polar surface area (TPSA) is 54.5 Å². The van der Waals surface area contributed by atoms with Gasteiger partial charge in [0, 0.05) is 18.5 Å². The number of amides is 1. The SMILES string of the molecule is O=C(Cc1csc(-c2cccs2)n1)Nc1ccccc1N1CCOCC1. The Hall–Kier alpha value is -2.22. The number of rotatable bonds is 5. The van der Waals surface area contributed by atoms with Gasteiger partial charge in [-0.1, -0.05) is 18.2 Å². The number of para-hydroxylation sites is 2. The highest BCUT2D eigenvalue weighted by atomic mass is 32.1. The number of morpholine rings is 1. The first-order valence-corrected chi connectivity index (χ1v) is 10.3. The van der Waals surface area contributed by atoms with E-state index in [1.165, 1.54) is 0 Å². The Morgan fingerprint density at radius 2 is 2.00 bits per heavy atom. The molecule has 2 aromatic heterocycles. The standard InChI is InChI=1S/C19H19N3O2S2/c23-18(12-14-13-26-19(20-14)17-6-3-11-25-17)21-15-4-1-2-5-16(15)22-7-9-24-10-8-22/h1-6,11,13H,7-10,12H2,(H,21,23). The summed E-state index contributed by atoms with van der Waals surface area (Å²) >= 11 is 3.24. The fourth-order valence-electron chi connectivity index (χ4n) is 2.92. The molecular formula is C19H19N3O2S2. The summed E-state index contributed by atoms with van der Waals surface area (Å²) in [6.07, 6.45) is 0.277. The van der Waals surface area contributed by atoms with E-state index in [9.17, 15) is 4.79 Å². The summed E-state index contributed by atoms with van der Waals surface area (Å²) in [5.41, 5.74) is 2.69. The molecule has 0 aliphatic carbocycles. The van der Waals surface area contributed by atoms with Gasteiger partial charge < -0.3 is 15.0 Å². The summed E-state index contributed by atoms with van der Waals surface area (Å²) in [5, 5.41) is 8.01. The number of hydrogen-bond acceptors (Lipinski definition) is 6. The smallest absolute Gasteiger partial charge is 0.230 e. The average molecular weight is 386 g/mol. The van der Waals surface area contributed by atoms with Crippen molar-refractivity contribution in [3.8, 4) is 9.88 Å². The molecule has 1 amide bonds. The van der Waals surface area contributed by atoms with Crippen LogP contribution in [0.2, 0.25) is 0 Å². The lowest BCUT2D eigenvalue weighted by molar-refractivity contribution is -0.115. The lowest BCUT2D eigenvalue weighted by Crippen LogP contribution is -2.36. The third kappa shape index (κ3) is 3.95. The number of benzene rings is 1. The summed E-state index contributed by atoms with van der Waals surface area (Å²) in [5.74, 6) is -0.0475. The minimum absolute atomic E-state index is 0.0475. The van der Waals surface area contributed by atoms with Gasteiger partial charge in [0.05, 0.1) is 41.6 Å². The van der Waals surface area contributed by atoms with Crippen LogP contribution in [0.15, 0.2) is 47.2 Å². The Kier molecular flexibility index (Phi) is 5.29. The number of aromatic nitrogens is 1. The first-order valence-electron chi connectivity index (χ1n) is 8.49. The number of thiophene rings is 1. The molecular weight excluding hydrogens is 366 g/mol. The molecule has 7 heteroatoms. The third-order valence-corrected chi connectivity index (χ3v) is 6.09. The zero-order valence-corrected chi connectivity index (χ0v) is 15.8. The molecule has 1 N–H and O–H groups in total.